The fraction of sp³-hybridized carbons (Fsp3) is 0.714. The summed E-state index contributed by atoms with van der Waals surface area (Å²) >= 11 is 0. The van der Waals surface area contributed by atoms with Crippen molar-refractivity contribution in [3.05, 3.63) is 11.9 Å². The summed E-state index contributed by atoms with van der Waals surface area (Å²) in [6, 6.07) is 2.41. The molecule has 5 heteroatoms. The lowest BCUT2D eigenvalue weighted by Crippen LogP contribution is -2.41. The SMILES string of the molecule is CCCc1nc(N)cc(N(CCCO)C2CCC2)n1. The average Bonchev–Trinajstić information content (AvgIpc) is 2.31. The van der Waals surface area contributed by atoms with Crippen molar-refractivity contribution in [1.29, 1.82) is 0 Å². The third kappa shape index (κ3) is 3.56. The zero-order chi connectivity index (χ0) is 13.7. The highest BCUT2D eigenvalue weighted by Crippen LogP contribution is 2.29. The van der Waals surface area contributed by atoms with Crippen LogP contribution >= 0.6 is 0 Å². The van der Waals surface area contributed by atoms with Gasteiger partial charge in [-0.25, -0.2) is 9.97 Å². The molecular formula is C14H24N4O. The zero-order valence-electron chi connectivity index (χ0n) is 11.7. The van der Waals surface area contributed by atoms with Crippen LogP contribution in [-0.2, 0) is 6.42 Å². The van der Waals surface area contributed by atoms with Crippen molar-refractivity contribution in [3.63, 3.8) is 0 Å². The summed E-state index contributed by atoms with van der Waals surface area (Å²) in [5, 5.41) is 9.04. The van der Waals surface area contributed by atoms with Crippen molar-refractivity contribution in [2.24, 2.45) is 0 Å². The van der Waals surface area contributed by atoms with Crippen LogP contribution in [0.5, 0.6) is 0 Å². The van der Waals surface area contributed by atoms with E-state index < -0.39 is 0 Å². The topological polar surface area (TPSA) is 75.3 Å². The molecule has 1 fully saturated rings. The first-order valence-electron chi connectivity index (χ1n) is 7.25. The summed E-state index contributed by atoms with van der Waals surface area (Å²) in [5.74, 6) is 2.29. The lowest BCUT2D eigenvalue weighted by molar-refractivity contribution is 0.282. The second kappa shape index (κ2) is 6.70. The van der Waals surface area contributed by atoms with E-state index in [-0.39, 0.29) is 6.61 Å². The number of aromatic nitrogens is 2. The van der Waals surface area contributed by atoms with E-state index in [4.69, 9.17) is 10.8 Å². The Hall–Kier alpha value is -1.36. The van der Waals surface area contributed by atoms with Gasteiger partial charge in [0.05, 0.1) is 0 Å². The largest absolute Gasteiger partial charge is 0.396 e. The average molecular weight is 264 g/mol. The van der Waals surface area contributed by atoms with Crippen LogP contribution in [0.25, 0.3) is 0 Å². The van der Waals surface area contributed by atoms with Gasteiger partial charge < -0.3 is 15.7 Å². The maximum atomic E-state index is 9.04. The predicted molar refractivity (Wildman–Crippen MR) is 77.1 cm³/mol. The van der Waals surface area contributed by atoms with Gasteiger partial charge in [0.1, 0.15) is 17.5 Å². The summed E-state index contributed by atoms with van der Waals surface area (Å²) in [4.78, 5) is 11.2. The molecule has 0 radical (unpaired) electrons. The summed E-state index contributed by atoms with van der Waals surface area (Å²) in [5.41, 5.74) is 5.89. The third-order valence-corrected chi connectivity index (χ3v) is 3.62. The highest BCUT2D eigenvalue weighted by atomic mass is 16.3. The second-order valence-electron chi connectivity index (χ2n) is 5.17. The minimum atomic E-state index is 0.214. The molecule has 106 valence electrons. The Balaban J connectivity index is 2.18. The molecule has 1 aliphatic rings. The molecule has 1 aromatic heterocycles. The smallest absolute Gasteiger partial charge is 0.134 e. The van der Waals surface area contributed by atoms with Gasteiger partial charge in [-0.3, -0.25) is 0 Å². The number of nitrogens with zero attached hydrogens (tertiary/aromatic N) is 3. The van der Waals surface area contributed by atoms with Crippen LogP contribution in [0.1, 0.15) is 44.9 Å². The van der Waals surface area contributed by atoms with Gasteiger partial charge in [-0.2, -0.15) is 0 Å². The minimum Gasteiger partial charge on any atom is -0.396 e. The van der Waals surface area contributed by atoms with Gasteiger partial charge in [0.2, 0.25) is 0 Å². The number of nitrogen functional groups attached to an aromatic ring is 1. The molecule has 3 N–H and O–H groups in total. The molecular weight excluding hydrogens is 240 g/mol. The normalized spacial score (nSPS) is 15.3. The highest BCUT2D eigenvalue weighted by molar-refractivity contribution is 5.48. The Bertz CT molecular complexity index is 406. The van der Waals surface area contributed by atoms with E-state index in [2.05, 4.69) is 21.8 Å². The molecule has 0 bridgehead atoms. The standard InChI is InChI=1S/C14H24N4O/c1-2-5-13-16-12(15)10-14(17-13)18(8-4-9-19)11-6-3-7-11/h10-11,19H,2-9H2,1H3,(H2,15,16,17). The zero-order valence-corrected chi connectivity index (χ0v) is 11.7. The maximum absolute atomic E-state index is 9.04. The molecule has 1 saturated carbocycles. The summed E-state index contributed by atoms with van der Waals surface area (Å²) in [7, 11) is 0. The van der Waals surface area contributed by atoms with Crippen molar-refractivity contribution in [2.45, 2.75) is 51.5 Å². The lowest BCUT2D eigenvalue weighted by Gasteiger charge is -2.38. The van der Waals surface area contributed by atoms with Gasteiger partial charge in [0.15, 0.2) is 0 Å². The summed E-state index contributed by atoms with van der Waals surface area (Å²) in [6.07, 6.45) is 6.34. The van der Waals surface area contributed by atoms with E-state index in [9.17, 15) is 0 Å². The highest BCUT2D eigenvalue weighted by Gasteiger charge is 2.26. The van der Waals surface area contributed by atoms with Gasteiger partial charge in [0.25, 0.3) is 0 Å². The number of rotatable bonds is 7. The monoisotopic (exact) mass is 264 g/mol. The van der Waals surface area contributed by atoms with E-state index in [1.165, 1.54) is 19.3 Å². The van der Waals surface area contributed by atoms with Crippen molar-refractivity contribution >= 4 is 11.6 Å². The third-order valence-electron chi connectivity index (χ3n) is 3.62. The fourth-order valence-electron chi connectivity index (χ4n) is 2.41. The van der Waals surface area contributed by atoms with Crippen LogP contribution in [0.3, 0.4) is 0 Å². The van der Waals surface area contributed by atoms with E-state index in [1.807, 2.05) is 6.07 Å². The Morgan fingerprint density at radius 1 is 1.42 bits per heavy atom. The number of aliphatic hydroxyl groups is 1. The van der Waals surface area contributed by atoms with Crippen molar-refractivity contribution in [1.82, 2.24) is 9.97 Å². The molecule has 1 heterocycles. The van der Waals surface area contributed by atoms with E-state index in [0.717, 1.165) is 37.4 Å². The van der Waals surface area contributed by atoms with E-state index >= 15 is 0 Å². The Labute approximate surface area is 114 Å². The van der Waals surface area contributed by atoms with Gasteiger partial charge in [0, 0.05) is 31.7 Å². The number of aryl methyl sites for hydroxylation is 1. The Morgan fingerprint density at radius 3 is 2.79 bits per heavy atom. The molecule has 0 spiro atoms. The Kier molecular flexibility index (Phi) is 4.96. The van der Waals surface area contributed by atoms with Crippen molar-refractivity contribution in [3.8, 4) is 0 Å². The van der Waals surface area contributed by atoms with E-state index in [1.54, 1.807) is 0 Å². The van der Waals surface area contributed by atoms with Gasteiger partial charge >= 0.3 is 0 Å². The van der Waals surface area contributed by atoms with Crippen LogP contribution in [0, 0.1) is 0 Å². The molecule has 0 aliphatic heterocycles. The van der Waals surface area contributed by atoms with Crippen LogP contribution in [0.4, 0.5) is 11.6 Å². The van der Waals surface area contributed by atoms with Crippen LogP contribution in [-0.4, -0.2) is 34.3 Å². The molecule has 19 heavy (non-hydrogen) atoms. The molecule has 0 atom stereocenters. The van der Waals surface area contributed by atoms with Crippen LogP contribution < -0.4 is 10.6 Å². The minimum absolute atomic E-state index is 0.214. The molecule has 0 aromatic carbocycles. The second-order valence-corrected chi connectivity index (χ2v) is 5.17. The molecule has 0 saturated heterocycles. The number of hydrogen-bond acceptors (Lipinski definition) is 5. The molecule has 1 aromatic rings. The fourth-order valence-corrected chi connectivity index (χ4v) is 2.41. The number of hydrogen-bond donors (Lipinski definition) is 2. The number of nitrogens with two attached hydrogens (primary N) is 1. The summed E-state index contributed by atoms with van der Waals surface area (Å²) in [6.45, 7) is 3.16. The van der Waals surface area contributed by atoms with Gasteiger partial charge in [-0.1, -0.05) is 6.92 Å². The number of aliphatic hydroxyl groups excluding tert-OH is 1. The summed E-state index contributed by atoms with van der Waals surface area (Å²) < 4.78 is 0. The quantitative estimate of drug-likeness (QED) is 0.784. The first kappa shape index (κ1) is 14.1. The molecule has 0 unspecified atom stereocenters. The van der Waals surface area contributed by atoms with Crippen molar-refractivity contribution < 1.29 is 5.11 Å². The van der Waals surface area contributed by atoms with Crippen LogP contribution in [0.15, 0.2) is 6.07 Å². The first-order valence-corrected chi connectivity index (χ1v) is 7.25. The molecule has 1 aliphatic carbocycles. The molecule has 0 amide bonds. The van der Waals surface area contributed by atoms with Gasteiger partial charge in [-0.15, -0.1) is 0 Å². The first-order chi connectivity index (χ1) is 9.24. The van der Waals surface area contributed by atoms with Gasteiger partial charge in [-0.05, 0) is 32.1 Å². The van der Waals surface area contributed by atoms with E-state index in [0.29, 0.717) is 11.9 Å². The predicted octanol–water partition coefficient (Wildman–Crippen LogP) is 1.75. The Morgan fingerprint density at radius 2 is 2.21 bits per heavy atom. The van der Waals surface area contributed by atoms with Crippen LogP contribution in [0.2, 0.25) is 0 Å². The lowest BCUT2D eigenvalue weighted by atomic mass is 9.91. The van der Waals surface area contributed by atoms with Crippen molar-refractivity contribution in [2.75, 3.05) is 23.8 Å². The molecule has 2 rings (SSSR count). The molecule has 5 nitrogen and oxygen atoms in total. The number of anilines is 2. The maximum Gasteiger partial charge on any atom is 0.134 e.